The molecular formula is C6H17NS. The molecule has 0 saturated carbocycles. The molecule has 0 aliphatic carbocycles. The zero-order valence-corrected chi connectivity index (χ0v) is 7.38. The molecule has 0 radical (unpaired) electrons. The summed E-state index contributed by atoms with van der Waals surface area (Å²) < 4.78 is 0. The number of hydrogen-bond donors (Lipinski definition) is 0. The molecule has 0 N–H and O–H groups in total. The summed E-state index contributed by atoms with van der Waals surface area (Å²) in [6, 6.07) is 0. The third-order valence-corrected chi connectivity index (χ3v) is 1.94. The molecule has 0 spiro atoms. The fraction of sp³-hybridized carbons (Fsp3) is 1.00. The quantitative estimate of drug-likeness (QED) is 0.550. The van der Waals surface area contributed by atoms with E-state index in [0.717, 1.165) is 0 Å². The predicted molar refractivity (Wildman–Crippen MR) is 43.9 cm³/mol. The molecule has 0 amide bonds. The van der Waals surface area contributed by atoms with Gasteiger partial charge < -0.3 is 4.90 Å². The maximum Gasteiger partial charge on any atom is 0.0277 e. The normalized spacial score (nSPS) is 14.8. The standard InChI is InChI=1S/C6H17NS/c1-7(2)6-8(3,4)5/h6H2,1-5H3. The van der Waals surface area contributed by atoms with E-state index in [4.69, 9.17) is 0 Å². The van der Waals surface area contributed by atoms with E-state index in [1.54, 1.807) is 0 Å². The van der Waals surface area contributed by atoms with E-state index in [1.165, 1.54) is 5.88 Å². The minimum absolute atomic E-state index is 0.297. The van der Waals surface area contributed by atoms with Crippen molar-refractivity contribution in [2.45, 2.75) is 0 Å². The highest BCUT2D eigenvalue weighted by atomic mass is 32.3. The minimum Gasteiger partial charge on any atom is -0.302 e. The Morgan fingerprint density at radius 1 is 1.12 bits per heavy atom. The Kier molecular flexibility index (Phi) is 2.84. The molecule has 0 aliphatic rings. The van der Waals surface area contributed by atoms with Crippen molar-refractivity contribution >= 4 is 10.0 Å². The van der Waals surface area contributed by atoms with Gasteiger partial charge in [-0.05, 0) is 32.9 Å². The number of nitrogens with zero attached hydrogens (tertiary/aromatic N) is 1. The molecule has 0 fully saturated rings. The molecule has 0 saturated heterocycles. The fourth-order valence-corrected chi connectivity index (χ4v) is 2.32. The Labute approximate surface area is 54.4 Å². The van der Waals surface area contributed by atoms with Crippen molar-refractivity contribution in [1.29, 1.82) is 0 Å². The van der Waals surface area contributed by atoms with Gasteiger partial charge in [0, 0.05) is 5.88 Å². The van der Waals surface area contributed by atoms with Gasteiger partial charge in [-0.15, -0.1) is 0 Å². The molecule has 0 rings (SSSR count). The van der Waals surface area contributed by atoms with Crippen molar-refractivity contribution in [3.8, 4) is 0 Å². The molecule has 0 atom stereocenters. The molecule has 8 heavy (non-hydrogen) atoms. The third-order valence-electron chi connectivity index (χ3n) is 0.645. The molecule has 0 aliphatic heterocycles. The molecular weight excluding hydrogens is 118 g/mol. The monoisotopic (exact) mass is 135 g/mol. The van der Waals surface area contributed by atoms with Crippen LogP contribution < -0.4 is 0 Å². The lowest BCUT2D eigenvalue weighted by molar-refractivity contribution is 0.483. The molecule has 1 nitrogen and oxygen atoms in total. The Morgan fingerprint density at radius 3 is 1.50 bits per heavy atom. The zero-order valence-electron chi connectivity index (χ0n) is 6.56. The summed E-state index contributed by atoms with van der Waals surface area (Å²) in [5.41, 5.74) is 0. The fourth-order valence-electron chi connectivity index (χ4n) is 0.775. The SMILES string of the molecule is CN(C)CS(C)(C)C. The van der Waals surface area contributed by atoms with Gasteiger partial charge in [0.2, 0.25) is 0 Å². The second-order valence-electron chi connectivity index (χ2n) is 3.30. The summed E-state index contributed by atoms with van der Waals surface area (Å²) in [5.74, 6) is 1.24. The Bertz CT molecular complexity index is 63.4. The third kappa shape index (κ3) is 6.31. The Morgan fingerprint density at radius 2 is 1.50 bits per heavy atom. The summed E-state index contributed by atoms with van der Waals surface area (Å²) in [7, 11) is 3.95. The van der Waals surface area contributed by atoms with Gasteiger partial charge in [-0.1, -0.05) is 0 Å². The van der Waals surface area contributed by atoms with Crippen molar-refractivity contribution in [3.05, 3.63) is 0 Å². The highest BCUT2D eigenvalue weighted by Gasteiger charge is 2.03. The van der Waals surface area contributed by atoms with Crippen LogP contribution in [-0.2, 0) is 0 Å². The second kappa shape index (κ2) is 2.74. The first-order valence-electron chi connectivity index (χ1n) is 2.72. The zero-order chi connectivity index (χ0) is 6.78. The van der Waals surface area contributed by atoms with Crippen molar-refractivity contribution in [1.82, 2.24) is 4.90 Å². The maximum absolute atomic E-state index is 2.33. The van der Waals surface area contributed by atoms with Crippen LogP contribution in [-0.4, -0.2) is 43.6 Å². The second-order valence-corrected chi connectivity index (χ2v) is 7.74. The summed E-state index contributed by atoms with van der Waals surface area (Å²) in [6.45, 7) is 0. The first-order chi connectivity index (χ1) is 3.42. The van der Waals surface area contributed by atoms with Gasteiger partial charge in [-0.3, -0.25) is 0 Å². The van der Waals surface area contributed by atoms with Gasteiger partial charge >= 0.3 is 0 Å². The lowest BCUT2D eigenvalue weighted by Crippen LogP contribution is -2.17. The van der Waals surface area contributed by atoms with Crippen LogP contribution in [0.5, 0.6) is 0 Å². The van der Waals surface area contributed by atoms with Crippen LogP contribution in [0.25, 0.3) is 0 Å². The van der Waals surface area contributed by atoms with Crippen LogP contribution in [0.1, 0.15) is 0 Å². The van der Waals surface area contributed by atoms with Crippen LogP contribution in [0.15, 0.2) is 0 Å². The van der Waals surface area contributed by atoms with Gasteiger partial charge in [0.25, 0.3) is 0 Å². The molecule has 0 aromatic heterocycles. The first-order valence-corrected chi connectivity index (χ1v) is 5.75. The van der Waals surface area contributed by atoms with Crippen LogP contribution in [0.4, 0.5) is 0 Å². The molecule has 0 aromatic carbocycles. The van der Waals surface area contributed by atoms with E-state index in [1.807, 2.05) is 0 Å². The summed E-state index contributed by atoms with van der Waals surface area (Å²) in [6.07, 6.45) is 6.98. The van der Waals surface area contributed by atoms with E-state index in [2.05, 4.69) is 37.8 Å². The molecule has 2 heteroatoms. The average molecular weight is 135 g/mol. The molecule has 0 aromatic rings. The van der Waals surface area contributed by atoms with E-state index in [9.17, 15) is 0 Å². The molecule has 0 bridgehead atoms. The van der Waals surface area contributed by atoms with Crippen molar-refractivity contribution < 1.29 is 0 Å². The topological polar surface area (TPSA) is 3.24 Å². The highest BCUT2D eigenvalue weighted by Crippen LogP contribution is 2.33. The van der Waals surface area contributed by atoms with Crippen molar-refractivity contribution in [3.63, 3.8) is 0 Å². The van der Waals surface area contributed by atoms with Gasteiger partial charge in [-0.2, -0.15) is 0 Å². The van der Waals surface area contributed by atoms with Gasteiger partial charge in [0.15, 0.2) is 0 Å². The first kappa shape index (κ1) is 8.31. The Balaban J connectivity index is 3.39. The minimum atomic E-state index is -0.297. The molecule has 0 heterocycles. The van der Waals surface area contributed by atoms with E-state index >= 15 is 0 Å². The lowest BCUT2D eigenvalue weighted by atomic mass is 11.0. The van der Waals surface area contributed by atoms with Crippen LogP contribution in [0.2, 0.25) is 0 Å². The van der Waals surface area contributed by atoms with Gasteiger partial charge in [-0.25, -0.2) is 10.0 Å². The molecule has 0 unspecified atom stereocenters. The van der Waals surface area contributed by atoms with Crippen molar-refractivity contribution in [2.75, 3.05) is 38.7 Å². The van der Waals surface area contributed by atoms with E-state index in [0.29, 0.717) is 0 Å². The highest BCUT2D eigenvalue weighted by molar-refractivity contribution is 8.32. The summed E-state index contributed by atoms with van der Waals surface area (Å²) in [4.78, 5) is 2.25. The lowest BCUT2D eigenvalue weighted by Gasteiger charge is -2.28. The van der Waals surface area contributed by atoms with E-state index in [-0.39, 0.29) is 10.0 Å². The Hall–Kier alpha value is 0.310. The van der Waals surface area contributed by atoms with Crippen molar-refractivity contribution in [2.24, 2.45) is 0 Å². The predicted octanol–water partition coefficient (Wildman–Crippen LogP) is 1.20. The summed E-state index contributed by atoms with van der Waals surface area (Å²) in [5, 5.41) is 0. The smallest absolute Gasteiger partial charge is 0.0277 e. The van der Waals surface area contributed by atoms with Crippen LogP contribution >= 0.6 is 10.0 Å². The van der Waals surface area contributed by atoms with E-state index < -0.39 is 0 Å². The number of hydrogen-bond acceptors (Lipinski definition) is 1. The van der Waals surface area contributed by atoms with Gasteiger partial charge in [0.1, 0.15) is 0 Å². The number of rotatable bonds is 2. The maximum atomic E-state index is 2.33. The largest absolute Gasteiger partial charge is 0.302 e. The van der Waals surface area contributed by atoms with Crippen LogP contribution in [0.3, 0.4) is 0 Å². The average Bonchev–Trinajstić information content (AvgIpc) is 1.21. The molecule has 52 valence electrons. The summed E-state index contributed by atoms with van der Waals surface area (Å²) >= 11 is 0. The van der Waals surface area contributed by atoms with Gasteiger partial charge in [0.05, 0.1) is 0 Å². The van der Waals surface area contributed by atoms with Crippen LogP contribution in [0, 0.1) is 0 Å².